The number of aromatic nitrogens is 1. The van der Waals surface area contributed by atoms with Gasteiger partial charge in [0, 0.05) is 28.2 Å². The first-order valence-corrected chi connectivity index (χ1v) is 16.5. The Morgan fingerprint density at radius 1 is 1.16 bits per heavy atom. The van der Waals surface area contributed by atoms with Gasteiger partial charge in [0.2, 0.25) is 12.7 Å². The van der Waals surface area contributed by atoms with E-state index >= 15 is 0 Å². The van der Waals surface area contributed by atoms with Crippen molar-refractivity contribution in [1.29, 1.82) is 0 Å². The summed E-state index contributed by atoms with van der Waals surface area (Å²) in [5.74, 6) is 3.56. The number of nitrogens with one attached hydrogen (secondary N) is 1. The number of amides is 1. The van der Waals surface area contributed by atoms with Crippen LogP contribution >= 0.6 is 11.6 Å². The molecular formula is C36H42ClN3O4. The lowest BCUT2D eigenvalue weighted by molar-refractivity contribution is -0.124. The summed E-state index contributed by atoms with van der Waals surface area (Å²) in [7, 11) is 0. The Morgan fingerprint density at radius 2 is 1.95 bits per heavy atom. The number of aryl methyl sites for hydroxylation is 1. The van der Waals surface area contributed by atoms with Gasteiger partial charge in [-0.25, -0.2) is 0 Å². The molecule has 8 heteroatoms. The molecule has 4 aliphatic rings. The number of benzene rings is 2. The summed E-state index contributed by atoms with van der Waals surface area (Å²) in [6.45, 7) is 5.51. The minimum atomic E-state index is -0.828. The normalized spacial score (nSPS) is 27.4. The van der Waals surface area contributed by atoms with Crippen molar-refractivity contribution in [2.24, 2.45) is 17.6 Å². The molecule has 1 aromatic heterocycles. The molecule has 1 amide bonds. The van der Waals surface area contributed by atoms with Crippen LogP contribution in [0.5, 0.6) is 17.2 Å². The Morgan fingerprint density at radius 3 is 2.73 bits per heavy atom. The molecule has 0 radical (unpaired) electrons. The quantitative estimate of drug-likeness (QED) is 0.275. The van der Waals surface area contributed by atoms with Crippen LogP contribution in [0.2, 0.25) is 5.02 Å². The van der Waals surface area contributed by atoms with Crippen molar-refractivity contribution in [3.63, 3.8) is 0 Å². The summed E-state index contributed by atoms with van der Waals surface area (Å²) in [4.78, 5) is 17.7. The lowest BCUT2D eigenvalue weighted by Crippen LogP contribution is -2.55. The molecule has 2 aromatic carbocycles. The zero-order chi connectivity index (χ0) is 30.5. The smallest absolute Gasteiger partial charge is 0.243 e. The van der Waals surface area contributed by atoms with E-state index in [0.717, 1.165) is 55.0 Å². The maximum Gasteiger partial charge on any atom is 0.243 e. The van der Waals surface area contributed by atoms with Crippen LogP contribution in [0.15, 0.2) is 48.7 Å². The standard InChI is InChI=1S/C36H42ClN3O4/c1-22(20-42-30-9-14-39-29-8-3-5-23(2)33(29)30)15-25-16-24-17-31-32(44-21-43-31)19-28(24)35(25)10-12-36(13-11-35,34(38)41)40-27-7-4-6-26(37)18-27/h4,6-7,9,14,17-19,22-23,25,40H,3,5,8,10-13,15-16,20-21H2,1-2H3,(H2,38,41)/t22-,23-,25+,35?,36?/m1/s1. The number of carbonyl (C=O) groups is 1. The summed E-state index contributed by atoms with van der Waals surface area (Å²) >= 11 is 6.27. The van der Waals surface area contributed by atoms with Gasteiger partial charge in [-0.05, 0) is 128 Å². The SMILES string of the molecule is C[C@@H](COc1ccnc2c1[C@H](C)CCC2)C[C@H]1Cc2cc3c(cc2C12CCC(Nc1cccc(Cl)c1)(C(N)=O)CC2)OCO3. The summed E-state index contributed by atoms with van der Waals surface area (Å²) in [6.07, 6.45) is 10.3. The molecule has 3 atom stereocenters. The number of nitrogens with zero attached hydrogens (tertiary/aromatic N) is 1. The Labute approximate surface area is 264 Å². The highest BCUT2D eigenvalue weighted by molar-refractivity contribution is 6.30. The van der Waals surface area contributed by atoms with Crippen molar-refractivity contribution >= 4 is 23.2 Å². The second-order valence-electron chi connectivity index (χ2n) is 13.6. The molecule has 232 valence electrons. The van der Waals surface area contributed by atoms with Crippen molar-refractivity contribution < 1.29 is 19.0 Å². The lowest BCUT2D eigenvalue weighted by Gasteiger charge is -2.48. The molecule has 0 unspecified atom stereocenters. The van der Waals surface area contributed by atoms with Crippen molar-refractivity contribution in [2.75, 3.05) is 18.7 Å². The van der Waals surface area contributed by atoms with E-state index in [2.05, 4.69) is 36.3 Å². The maximum atomic E-state index is 13.0. The predicted octanol–water partition coefficient (Wildman–Crippen LogP) is 7.33. The zero-order valence-corrected chi connectivity index (χ0v) is 26.4. The van der Waals surface area contributed by atoms with Gasteiger partial charge in [-0.2, -0.15) is 0 Å². The molecule has 0 saturated heterocycles. The van der Waals surface area contributed by atoms with Crippen LogP contribution in [0, 0.1) is 11.8 Å². The fourth-order valence-electron chi connectivity index (χ4n) is 8.54. The van der Waals surface area contributed by atoms with E-state index in [1.165, 1.54) is 35.2 Å². The molecule has 44 heavy (non-hydrogen) atoms. The van der Waals surface area contributed by atoms with E-state index in [9.17, 15) is 4.79 Å². The summed E-state index contributed by atoms with van der Waals surface area (Å²) < 4.78 is 18.2. The van der Waals surface area contributed by atoms with Gasteiger partial charge < -0.3 is 25.3 Å². The second kappa shape index (κ2) is 11.5. The van der Waals surface area contributed by atoms with Crippen molar-refractivity contribution in [2.45, 2.75) is 88.5 Å². The van der Waals surface area contributed by atoms with E-state index < -0.39 is 5.54 Å². The van der Waals surface area contributed by atoms with Crippen LogP contribution < -0.4 is 25.3 Å². The molecule has 0 bridgehead atoms. The molecular weight excluding hydrogens is 574 g/mol. The first kappa shape index (κ1) is 29.3. The maximum absolute atomic E-state index is 13.0. The molecule has 7 rings (SSSR count). The number of fused-ring (bicyclic) bond motifs is 4. The minimum absolute atomic E-state index is 0.0795. The molecule has 7 nitrogen and oxygen atoms in total. The van der Waals surface area contributed by atoms with E-state index in [1.807, 2.05) is 36.5 Å². The minimum Gasteiger partial charge on any atom is -0.493 e. The monoisotopic (exact) mass is 615 g/mol. The summed E-state index contributed by atoms with van der Waals surface area (Å²) in [5, 5.41) is 4.13. The number of hydrogen-bond donors (Lipinski definition) is 2. The molecule has 3 aromatic rings. The van der Waals surface area contributed by atoms with Crippen LogP contribution in [-0.2, 0) is 23.1 Å². The van der Waals surface area contributed by atoms with Gasteiger partial charge >= 0.3 is 0 Å². The number of anilines is 1. The highest BCUT2D eigenvalue weighted by Crippen LogP contribution is 2.58. The average molecular weight is 616 g/mol. The summed E-state index contributed by atoms with van der Waals surface area (Å²) in [5.41, 5.74) is 11.2. The van der Waals surface area contributed by atoms with Gasteiger partial charge in [0.1, 0.15) is 11.3 Å². The van der Waals surface area contributed by atoms with Gasteiger partial charge in [0.05, 0.1) is 6.61 Å². The highest BCUT2D eigenvalue weighted by Gasteiger charge is 2.54. The Balaban J connectivity index is 1.13. The van der Waals surface area contributed by atoms with Crippen LogP contribution in [-0.4, -0.2) is 29.8 Å². The fraction of sp³-hybridized carbons (Fsp3) is 0.500. The fourth-order valence-corrected chi connectivity index (χ4v) is 8.73. The van der Waals surface area contributed by atoms with Crippen LogP contribution in [0.25, 0.3) is 0 Å². The molecule has 1 aliphatic heterocycles. The molecule has 2 heterocycles. The second-order valence-corrected chi connectivity index (χ2v) is 14.1. The van der Waals surface area contributed by atoms with Crippen LogP contribution in [0.1, 0.15) is 87.1 Å². The summed E-state index contributed by atoms with van der Waals surface area (Å²) in [6, 6.07) is 14.0. The first-order chi connectivity index (χ1) is 21.3. The topological polar surface area (TPSA) is 95.7 Å². The lowest BCUT2D eigenvalue weighted by atomic mass is 9.59. The third-order valence-corrected chi connectivity index (χ3v) is 11.1. The average Bonchev–Trinajstić information content (AvgIpc) is 3.58. The number of ether oxygens (including phenoxy) is 3. The Hall–Kier alpha value is -3.45. The molecule has 1 spiro atoms. The molecule has 3 aliphatic carbocycles. The van der Waals surface area contributed by atoms with Crippen LogP contribution in [0.4, 0.5) is 5.69 Å². The van der Waals surface area contributed by atoms with Gasteiger partial charge in [-0.3, -0.25) is 9.78 Å². The van der Waals surface area contributed by atoms with Crippen molar-refractivity contribution in [1.82, 2.24) is 4.98 Å². The third kappa shape index (κ3) is 5.17. The Bertz CT molecular complexity index is 1570. The number of halogens is 1. The number of carbonyl (C=O) groups excluding carboxylic acids is 1. The number of hydrogen-bond acceptors (Lipinski definition) is 6. The number of rotatable bonds is 8. The first-order valence-electron chi connectivity index (χ1n) is 16.1. The number of nitrogens with two attached hydrogens (primary N) is 1. The molecule has 1 fully saturated rings. The largest absolute Gasteiger partial charge is 0.493 e. The van der Waals surface area contributed by atoms with Gasteiger partial charge in [-0.1, -0.05) is 31.5 Å². The van der Waals surface area contributed by atoms with Gasteiger partial charge in [-0.15, -0.1) is 0 Å². The molecule has 3 N–H and O–H groups in total. The van der Waals surface area contributed by atoms with E-state index in [4.69, 9.17) is 31.5 Å². The van der Waals surface area contributed by atoms with E-state index in [-0.39, 0.29) is 18.1 Å². The number of pyridine rings is 1. The highest BCUT2D eigenvalue weighted by atomic mass is 35.5. The van der Waals surface area contributed by atoms with Gasteiger partial charge in [0.25, 0.3) is 0 Å². The van der Waals surface area contributed by atoms with E-state index in [0.29, 0.717) is 42.2 Å². The van der Waals surface area contributed by atoms with Crippen LogP contribution in [0.3, 0.4) is 0 Å². The Kier molecular flexibility index (Phi) is 7.64. The van der Waals surface area contributed by atoms with E-state index in [1.54, 1.807) is 0 Å². The zero-order valence-electron chi connectivity index (χ0n) is 25.7. The third-order valence-electron chi connectivity index (χ3n) is 10.8. The van der Waals surface area contributed by atoms with Crippen molar-refractivity contribution in [3.8, 4) is 17.2 Å². The number of primary amides is 1. The van der Waals surface area contributed by atoms with Gasteiger partial charge in [0.15, 0.2) is 11.5 Å². The predicted molar refractivity (Wildman–Crippen MR) is 172 cm³/mol. The van der Waals surface area contributed by atoms with Crippen molar-refractivity contribution in [3.05, 3.63) is 76.1 Å². The molecule has 1 saturated carbocycles.